The van der Waals surface area contributed by atoms with Gasteiger partial charge in [-0.1, -0.05) is 12.2 Å². The van der Waals surface area contributed by atoms with E-state index in [2.05, 4.69) is 43.5 Å². The van der Waals surface area contributed by atoms with Crippen LogP contribution in [-0.4, -0.2) is 65.2 Å². The fourth-order valence-corrected chi connectivity index (χ4v) is 5.37. The van der Waals surface area contributed by atoms with Crippen molar-refractivity contribution in [3.8, 4) is 0 Å². The molecule has 1 saturated heterocycles. The molecule has 1 amide bonds. The summed E-state index contributed by atoms with van der Waals surface area (Å²) < 4.78 is 14.5. The van der Waals surface area contributed by atoms with E-state index in [1.54, 1.807) is 0 Å². The van der Waals surface area contributed by atoms with Crippen molar-refractivity contribution in [1.82, 2.24) is 14.9 Å². The number of rotatable bonds is 7. The molecular weight excluding hydrogens is 437 g/mol. The first-order chi connectivity index (χ1) is 16.4. The van der Waals surface area contributed by atoms with E-state index < -0.39 is 11.7 Å². The summed E-state index contributed by atoms with van der Waals surface area (Å²) in [7, 11) is 2.10. The fraction of sp³-hybridized carbons (Fsp3) is 0.458. The summed E-state index contributed by atoms with van der Waals surface area (Å²) in [4.78, 5) is 24.9. The van der Waals surface area contributed by atoms with Crippen LogP contribution in [0.4, 0.5) is 27.5 Å². The van der Waals surface area contributed by atoms with E-state index in [0.29, 0.717) is 5.69 Å². The van der Waals surface area contributed by atoms with Gasteiger partial charge < -0.3 is 31.3 Å². The van der Waals surface area contributed by atoms with E-state index in [9.17, 15) is 14.3 Å². The Morgan fingerprint density at radius 3 is 2.74 bits per heavy atom. The highest BCUT2D eigenvalue weighted by Gasteiger charge is 2.47. The first-order valence-electron chi connectivity index (χ1n) is 11.6. The Kier molecular flexibility index (Phi) is 6.09. The highest BCUT2D eigenvalue weighted by molar-refractivity contribution is 5.79. The Morgan fingerprint density at radius 1 is 1.24 bits per heavy atom. The number of aliphatic hydroxyl groups is 1. The smallest absolute Gasteiger partial charge is 0.229 e. The van der Waals surface area contributed by atoms with Gasteiger partial charge in [-0.15, -0.1) is 0 Å². The molecule has 2 heterocycles. The molecule has 4 atom stereocenters. The maximum Gasteiger partial charge on any atom is 0.229 e. The lowest BCUT2D eigenvalue weighted by atomic mass is 9.88. The third-order valence-electron chi connectivity index (χ3n) is 7.19. The molecule has 4 unspecified atom stereocenters. The summed E-state index contributed by atoms with van der Waals surface area (Å²) in [5.41, 5.74) is 8.12. The van der Waals surface area contributed by atoms with Gasteiger partial charge in [0.2, 0.25) is 11.9 Å². The van der Waals surface area contributed by atoms with Crippen molar-refractivity contribution in [2.24, 2.45) is 23.5 Å². The number of anilines is 4. The van der Waals surface area contributed by atoms with Crippen LogP contribution in [0.3, 0.4) is 0 Å². The number of nitrogens with two attached hydrogens (primary N) is 1. The van der Waals surface area contributed by atoms with Gasteiger partial charge in [-0.2, -0.15) is 4.98 Å². The van der Waals surface area contributed by atoms with Crippen LogP contribution in [0.25, 0.3) is 0 Å². The highest BCUT2D eigenvalue weighted by Crippen LogP contribution is 2.45. The lowest BCUT2D eigenvalue weighted by Gasteiger charge is -2.35. The van der Waals surface area contributed by atoms with E-state index in [1.807, 2.05) is 24.3 Å². The molecule has 10 heteroatoms. The van der Waals surface area contributed by atoms with Crippen LogP contribution in [0.1, 0.15) is 12.0 Å². The highest BCUT2D eigenvalue weighted by atomic mass is 19.1. The van der Waals surface area contributed by atoms with Crippen LogP contribution < -0.4 is 21.3 Å². The number of likely N-dealkylation sites (N-methyl/N-ethyl adjacent to an activating group) is 1. The molecule has 2 aliphatic carbocycles. The predicted molar refractivity (Wildman–Crippen MR) is 128 cm³/mol. The van der Waals surface area contributed by atoms with Gasteiger partial charge in [-0.3, -0.25) is 4.79 Å². The fourth-order valence-electron chi connectivity index (χ4n) is 5.37. The number of nitrogens with zero attached hydrogens (tertiary/aromatic N) is 4. The molecule has 9 nitrogen and oxygen atoms in total. The number of nitrogens with one attached hydrogen (secondary N) is 2. The van der Waals surface area contributed by atoms with E-state index >= 15 is 0 Å². The van der Waals surface area contributed by atoms with Crippen molar-refractivity contribution in [2.45, 2.75) is 19.1 Å². The molecule has 1 saturated carbocycles. The zero-order valence-corrected chi connectivity index (χ0v) is 19.1. The van der Waals surface area contributed by atoms with Crippen LogP contribution in [0.15, 0.2) is 36.5 Å². The van der Waals surface area contributed by atoms with Gasteiger partial charge >= 0.3 is 0 Å². The summed E-state index contributed by atoms with van der Waals surface area (Å²) in [6.07, 6.45) is 6.00. The number of aliphatic hydroxyl groups excluding tert-OH is 1. The van der Waals surface area contributed by atoms with Crippen LogP contribution >= 0.6 is 0 Å². The lowest BCUT2D eigenvalue weighted by molar-refractivity contribution is -0.122. The number of amides is 1. The van der Waals surface area contributed by atoms with Crippen molar-refractivity contribution in [2.75, 3.05) is 48.8 Å². The maximum atomic E-state index is 14.5. The van der Waals surface area contributed by atoms with Crippen LogP contribution in [0.5, 0.6) is 0 Å². The molecule has 1 aliphatic heterocycles. The monoisotopic (exact) mass is 467 g/mol. The van der Waals surface area contributed by atoms with Crippen molar-refractivity contribution in [3.05, 3.63) is 47.9 Å². The normalized spacial score (nSPS) is 26.1. The second-order valence-electron chi connectivity index (χ2n) is 9.35. The number of halogens is 1. The zero-order chi connectivity index (χ0) is 23.8. The van der Waals surface area contributed by atoms with Crippen molar-refractivity contribution in [1.29, 1.82) is 0 Å². The Labute approximate surface area is 197 Å². The van der Waals surface area contributed by atoms with Crippen LogP contribution in [0.2, 0.25) is 0 Å². The Bertz CT molecular complexity index is 1100. The standard InChI is InChI=1S/C24H30FN7O2/c1-31-6-8-32(9-7-31)19-5-4-17(11-16(19)13-33)28-24-27-12-18(25)23(30-24)29-21-15-3-2-14(10-15)20(21)22(26)34/h2-5,11-12,14-15,20-21,33H,6-10,13H2,1H3,(H2,26,34)(H2,27,28,29,30). The van der Waals surface area contributed by atoms with E-state index in [4.69, 9.17) is 5.73 Å². The quantitative estimate of drug-likeness (QED) is 0.454. The Balaban J connectivity index is 1.33. The molecule has 5 rings (SSSR count). The van der Waals surface area contributed by atoms with Gasteiger partial charge in [0.1, 0.15) is 0 Å². The average molecular weight is 468 g/mol. The van der Waals surface area contributed by atoms with E-state index in [1.165, 1.54) is 0 Å². The molecule has 34 heavy (non-hydrogen) atoms. The number of aromatic nitrogens is 2. The first-order valence-corrected chi connectivity index (χ1v) is 11.6. The van der Waals surface area contributed by atoms with Gasteiger partial charge in [0, 0.05) is 49.2 Å². The van der Waals surface area contributed by atoms with Crippen molar-refractivity contribution >= 4 is 29.0 Å². The number of carbonyl (C=O) groups is 1. The molecule has 5 N–H and O–H groups in total. The summed E-state index contributed by atoms with van der Waals surface area (Å²) >= 11 is 0. The molecular formula is C24H30FN7O2. The average Bonchev–Trinajstić information content (AvgIpc) is 3.44. The van der Waals surface area contributed by atoms with Crippen LogP contribution in [0, 0.1) is 23.6 Å². The minimum absolute atomic E-state index is 0.0335. The molecule has 3 aliphatic rings. The molecule has 0 radical (unpaired) electrons. The topological polar surface area (TPSA) is 120 Å². The molecule has 2 bridgehead atoms. The number of allylic oxidation sites excluding steroid dienone is 1. The number of hydrogen-bond acceptors (Lipinski definition) is 8. The van der Waals surface area contributed by atoms with Crippen molar-refractivity contribution < 1.29 is 14.3 Å². The van der Waals surface area contributed by atoms with E-state index in [0.717, 1.165) is 50.0 Å². The number of fused-ring (bicyclic) bond motifs is 2. The van der Waals surface area contributed by atoms with Gasteiger partial charge in [0.05, 0.1) is 18.7 Å². The third-order valence-corrected chi connectivity index (χ3v) is 7.19. The number of benzene rings is 1. The summed E-state index contributed by atoms with van der Waals surface area (Å²) in [5.74, 6) is -0.933. The molecule has 0 spiro atoms. The van der Waals surface area contributed by atoms with Gasteiger partial charge in [0.15, 0.2) is 11.6 Å². The third kappa shape index (κ3) is 4.30. The first kappa shape index (κ1) is 22.5. The predicted octanol–water partition coefficient (Wildman–Crippen LogP) is 1.69. The van der Waals surface area contributed by atoms with Gasteiger partial charge in [0.25, 0.3) is 0 Å². The second-order valence-corrected chi connectivity index (χ2v) is 9.35. The molecule has 2 fully saturated rings. The van der Waals surface area contributed by atoms with E-state index in [-0.39, 0.29) is 42.2 Å². The maximum absolute atomic E-state index is 14.5. The SMILES string of the molecule is CN1CCN(c2ccc(Nc3ncc(F)c(NC4C5C=CC(C5)C4C(N)=O)n3)cc2CO)CC1. The molecule has 1 aromatic heterocycles. The van der Waals surface area contributed by atoms with Gasteiger partial charge in [-0.25, -0.2) is 9.37 Å². The molecule has 180 valence electrons. The lowest BCUT2D eigenvalue weighted by Crippen LogP contribution is -2.44. The number of piperazine rings is 1. The number of carbonyl (C=O) groups excluding carboxylic acids is 1. The Morgan fingerprint density at radius 2 is 2.00 bits per heavy atom. The zero-order valence-electron chi connectivity index (χ0n) is 19.1. The second kappa shape index (κ2) is 9.19. The summed E-state index contributed by atoms with van der Waals surface area (Å²) in [6.45, 7) is 3.65. The minimum Gasteiger partial charge on any atom is -0.392 e. The number of primary amides is 1. The summed E-state index contributed by atoms with van der Waals surface area (Å²) in [6, 6.07) is 5.43. The van der Waals surface area contributed by atoms with Crippen molar-refractivity contribution in [3.63, 3.8) is 0 Å². The minimum atomic E-state index is -0.595. The largest absolute Gasteiger partial charge is 0.392 e. The Hall–Kier alpha value is -3.24. The molecule has 1 aromatic carbocycles. The van der Waals surface area contributed by atoms with Gasteiger partial charge in [-0.05, 0) is 43.5 Å². The summed E-state index contributed by atoms with van der Waals surface area (Å²) in [5, 5.41) is 16.2. The molecule has 2 aromatic rings. The van der Waals surface area contributed by atoms with Crippen LogP contribution in [-0.2, 0) is 11.4 Å². The number of hydrogen-bond donors (Lipinski definition) is 4.